The number of aliphatic hydroxyl groups excluding tert-OH is 1. The minimum atomic E-state index is -0.0156. The third-order valence-corrected chi connectivity index (χ3v) is 3.69. The van der Waals surface area contributed by atoms with Crippen molar-refractivity contribution in [2.45, 2.75) is 104 Å². The Balaban J connectivity index is -0.00000162. The van der Waals surface area contributed by atoms with Crippen LogP contribution in [-0.2, 0) is 4.74 Å². The van der Waals surface area contributed by atoms with Crippen LogP contribution in [0.3, 0.4) is 0 Å². The Hall–Kier alpha value is 0.920. The predicted molar refractivity (Wildman–Crippen MR) is 84.7 cm³/mol. The molecule has 0 rings (SSSR count). The summed E-state index contributed by atoms with van der Waals surface area (Å²) in [6, 6.07) is 0. The van der Waals surface area contributed by atoms with Gasteiger partial charge in [-0.05, 0) is 20.3 Å². The van der Waals surface area contributed by atoms with Gasteiger partial charge < -0.3 is 11.3 Å². The van der Waals surface area contributed by atoms with Crippen LogP contribution in [-0.4, -0.2) is 23.9 Å². The van der Waals surface area contributed by atoms with Crippen LogP contribution in [0.5, 0.6) is 0 Å². The molecule has 0 aromatic heterocycles. The van der Waals surface area contributed by atoms with Crippen LogP contribution in [0.15, 0.2) is 0 Å². The van der Waals surface area contributed by atoms with Crippen LogP contribution >= 0.6 is 0 Å². The zero-order valence-electron chi connectivity index (χ0n) is 15.5. The minimum absolute atomic E-state index is 0. The van der Waals surface area contributed by atoms with Crippen molar-refractivity contribution in [3.05, 3.63) is 0 Å². The van der Waals surface area contributed by atoms with Crippen molar-refractivity contribution in [3.8, 4) is 0 Å². The molecule has 118 valence electrons. The molecular formula is C17H37NaO2. The molecule has 0 fully saturated rings. The zero-order valence-corrected chi connectivity index (χ0v) is 16.5. The van der Waals surface area contributed by atoms with Gasteiger partial charge in [0.2, 0.25) is 0 Å². The smallest absolute Gasteiger partial charge is 1.00 e. The van der Waals surface area contributed by atoms with Gasteiger partial charge in [0.15, 0.2) is 0 Å². The van der Waals surface area contributed by atoms with Gasteiger partial charge in [-0.25, -0.2) is 0 Å². The molecule has 3 heteroatoms. The summed E-state index contributed by atoms with van der Waals surface area (Å²) < 4.78 is 5.63. The molecule has 0 bridgehead atoms. The molecule has 2 unspecified atom stereocenters. The average molecular weight is 296 g/mol. The second-order valence-electron chi connectivity index (χ2n) is 5.91. The fraction of sp³-hybridized carbons (Fsp3) is 1.00. The van der Waals surface area contributed by atoms with Gasteiger partial charge in [-0.2, -0.15) is 0 Å². The second kappa shape index (κ2) is 18.0. The van der Waals surface area contributed by atoms with Crippen LogP contribution in [0.2, 0.25) is 0 Å². The van der Waals surface area contributed by atoms with Crippen molar-refractivity contribution in [2.75, 3.05) is 6.61 Å². The molecule has 0 aliphatic rings. The molecule has 0 saturated carbocycles. The molecule has 0 aromatic rings. The van der Waals surface area contributed by atoms with E-state index in [9.17, 15) is 0 Å². The first-order valence-electron chi connectivity index (χ1n) is 8.47. The molecule has 0 saturated heterocycles. The summed E-state index contributed by atoms with van der Waals surface area (Å²) in [7, 11) is 0. The predicted octanol–water partition coefficient (Wildman–Crippen LogP) is 2.20. The summed E-state index contributed by atoms with van der Waals surface area (Å²) in [5.74, 6) is 0. The van der Waals surface area contributed by atoms with Gasteiger partial charge in [-0.3, -0.25) is 0 Å². The van der Waals surface area contributed by atoms with Crippen molar-refractivity contribution < 1.29 is 40.8 Å². The fourth-order valence-corrected chi connectivity index (χ4v) is 2.43. The third kappa shape index (κ3) is 17.0. The normalized spacial score (nSPS) is 13.8. The van der Waals surface area contributed by atoms with E-state index in [1.54, 1.807) is 0 Å². The monoisotopic (exact) mass is 296 g/mol. The Morgan fingerprint density at radius 2 is 1.25 bits per heavy atom. The first kappa shape index (κ1) is 23.2. The number of ether oxygens (including phenoxy) is 1. The maximum absolute atomic E-state index is 8.90. The number of unbranched alkanes of at least 4 members (excludes halogenated alkanes) is 9. The maximum atomic E-state index is 8.90. The number of rotatable bonds is 14. The molecule has 0 aliphatic heterocycles. The first-order valence-corrected chi connectivity index (χ1v) is 8.47. The van der Waals surface area contributed by atoms with Crippen LogP contribution < -0.4 is 29.6 Å². The molecule has 0 aromatic carbocycles. The Labute approximate surface area is 150 Å². The van der Waals surface area contributed by atoms with Crippen LogP contribution in [0.4, 0.5) is 0 Å². The molecular weight excluding hydrogens is 259 g/mol. The number of hydrogen-bond acceptors (Lipinski definition) is 2. The van der Waals surface area contributed by atoms with E-state index < -0.39 is 0 Å². The van der Waals surface area contributed by atoms with Gasteiger partial charge in [0, 0.05) is 0 Å². The summed E-state index contributed by atoms with van der Waals surface area (Å²) in [4.78, 5) is 0. The van der Waals surface area contributed by atoms with Gasteiger partial charge in [0.25, 0.3) is 0 Å². The van der Waals surface area contributed by atoms with Crippen molar-refractivity contribution >= 4 is 0 Å². The van der Waals surface area contributed by atoms with Gasteiger partial charge in [-0.1, -0.05) is 71.1 Å². The van der Waals surface area contributed by atoms with Crippen LogP contribution in [0.25, 0.3) is 0 Å². The number of aliphatic hydroxyl groups is 1. The van der Waals surface area contributed by atoms with E-state index >= 15 is 0 Å². The Kier molecular flexibility index (Phi) is 20.8. The molecule has 2 atom stereocenters. The standard InChI is InChI=1S/C17H36O2.Na.H/c1-4-5-6-7-8-9-10-11-12-13-14-16(2)19-17(3)15-18;;/h16-18H,4-15H2,1-3H3;;/q;+1;-1. The van der Waals surface area contributed by atoms with E-state index in [0.29, 0.717) is 0 Å². The van der Waals surface area contributed by atoms with E-state index in [-0.39, 0.29) is 49.8 Å². The van der Waals surface area contributed by atoms with Crippen molar-refractivity contribution in [3.63, 3.8) is 0 Å². The molecule has 0 aliphatic carbocycles. The SMILES string of the molecule is CCCCCCCCCCCCC(C)OC(C)CO.[H-].[Na+]. The first-order chi connectivity index (χ1) is 9.20. The minimum Gasteiger partial charge on any atom is -1.00 e. The molecule has 1 N–H and O–H groups in total. The van der Waals surface area contributed by atoms with Gasteiger partial charge >= 0.3 is 29.6 Å². The van der Waals surface area contributed by atoms with Crippen LogP contribution in [0.1, 0.15) is 92.8 Å². The van der Waals surface area contributed by atoms with E-state index in [4.69, 9.17) is 9.84 Å². The van der Waals surface area contributed by atoms with Gasteiger partial charge in [0.05, 0.1) is 18.8 Å². The Bertz CT molecular complexity index is 182. The van der Waals surface area contributed by atoms with Crippen molar-refractivity contribution in [2.24, 2.45) is 0 Å². The van der Waals surface area contributed by atoms with E-state index in [0.717, 1.165) is 6.42 Å². The molecule has 0 heterocycles. The Morgan fingerprint density at radius 3 is 1.70 bits per heavy atom. The summed E-state index contributed by atoms with van der Waals surface area (Å²) in [6.07, 6.45) is 15.2. The van der Waals surface area contributed by atoms with E-state index in [1.807, 2.05) is 6.92 Å². The molecule has 20 heavy (non-hydrogen) atoms. The summed E-state index contributed by atoms with van der Waals surface area (Å²) in [6.45, 7) is 6.43. The quantitative estimate of drug-likeness (QED) is 0.393. The van der Waals surface area contributed by atoms with E-state index in [1.165, 1.54) is 64.2 Å². The third-order valence-electron chi connectivity index (χ3n) is 3.69. The van der Waals surface area contributed by atoms with Crippen molar-refractivity contribution in [1.82, 2.24) is 0 Å². The maximum Gasteiger partial charge on any atom is 1.00 e. The topological polar surface area (TPSA) is 29.5 Å². The molecule has 2 nitrogen and oxygen atoms in total. The molecule has 0 amide bonds. The largest absolute Gasteiger partial charge is 1.00 e. The summed E-state index contributed by atoms with van der Waals surface area (Å²) in [5, 5.41) is 8.90. The summed E-state index contributed by atoms with van der Waals surface area (Å²) in [5.41, 5.74) is 0. The van der Waals surface area contributed by atoms with Gasteiger partial charge in [-0.15, -0.1) is 0 Å². The fourth-order valence-electron chi connectivity index (χ4n) is 2.43. The molecule has 0 spiro atoms. The van der Waals surface area contributed by atoms with Crippen molar-refractivity contribution in [1.29, 1.82) is 0 Å². The summed E-state index contributed by atoms with van der Waals surface area (Å²) >= 11 is 0. The van der Waals surface area contributed by atoms with Gasteiger partial charge in [0.1, 0.15) is 0 Å². The second-order valence-corrected chi connectivity index (χ2v) is 5.91. The molecule has 0 radical (unpaired) electrons. The average Bonchev–Trinajstić information content (AvgIpc) is 2.40. The zero-order chi connectivity index (χ0) is 14.3. The van der Waals surface area contributed by atoms with Crippen LogP contribution in [0, 0.1) is 0 Å². The number of hydrogen-bond donors (Lipinski definition) is 1. The Morgan fingerprint density at radius 1 is 0.800 bits per heavy atom. The van der Waals surface area contributed by atoms with E-state index in [2.05, 4.69) is 13.8 Å².